The zero-order valence-corrected chi connectivity index (χ0v) is 12.9. The van der Waals surface area contributed by atoms with Crippen LogP contribution in [-0.2, 0) is 11.2 Å². The summed E-state index contributed by atoms with van der Waals surface area (Å²) in [5.74, 6) is -0.900. The molecule has 3 nitrogen and oxygen atoms in total. The zero-order chi connectivity index (χ0) is 15.0. The lowest BCUT2D eigenvalue weighted by Crippen LogP contribution is -2.12. The molecule has 0 saturated carbocycles. The number of allylic oxidation sites excluding steroid dienone is 1. The van der Waals surface area contributed by atoms with Crippen LogP contribution in [0.5, 0.6) is 0 Å². The number of rotatable bonds is 3. The van der Waals surface area contributed by atoms with Crippen LogP contribution in [0.4, 0.5) is 5.69 Å². The summed E-state index contributed by atoms with van der Waals surface area (Å²) in [6.07, 6.45) is 2.35. The molecule has 0 fully saturated rings. The Morgan fingerprint density at radius 2 is 2.14 bits per heavy atom. The number of carbonyl (C=O) groups is 1. The quantitative estimate of drug-likeness (QED) is 0.874. The maximum atomic E-state index is 10.7. The number of hydrogen-bond donors (Lipinski definition) is 1. The molecule has 0 spiro atoms. The highest BCUT2D eigenvalue weighted by atomic mass is 32.1. The Morgan fingerprint density at radius 3 is 2.90 bits per heavy atom. The Kier molecular flexibility index (Phi) is 3.55. The number of nitrogens with zero attached hydrogens (tertiary/aromatic N) is 1. The highest BCUT2D eigenvalue weighted by molar-refractivity contribution is 7.16. The van der Waals surface area contributed by atoms with Crippen molar-refractivity contribution in [3.05, 3.63) is 46.8 Å². The molecule has 1 aliphatic rings. The van der Waals surface area contributed by atoms with Crippen LogP contribution in [0.1, 0.15) is 17.4 Å². The summed E-state index contributed by atoms with van der Waals surface area (Å²) >= 11 is 1.64. The van der Waals surface area contributed by atoms with Crippen molar-refractivity contribution in [1.29, 1.82) is 0 Å². The van der Waals surface area contributed by atoms with Gasteiger partial charge in [0.25, 0.3) is 0 Å². The molecule has 0 radical (unpaired) electrons. The molecule has 0 amide bonds. The number of thiophene rings is 1. The van der Waals surface area contributed by atoms with Crippen molar-refractivity contribution in [1.82, 2.24) is 0 Å². The van der Waals surface area contributed by atoms with Crippen LogP contribution in [0.25, 0.3) is 16.0 Å². The fraction of sp³-hybridized carbons (Fsp3) is 0.235. The minimum atomic E-state index is -0.900. The van der Waals surface area contributed by atoms with Crippen molar-refractivity contribution in [3.63, 3.8) is 0 Å². The lowest BCUT2D eigenvalue weighted by atomic mass is 10.1. The number of carboxylic acids is 1. The summed E-state index contributed by atoms with van der Waals surface area (Å²) in [5.41, 5.74) is 4.71. The molecule has 0 atom stereocenters. The van der Waals surface area contributed by atoms with E-state index < -0.39 is 5.97 Å². The van der Waals surface area contributed by atoms with Crippen molar-refractivity contribution in [2.45, 2.75) is 13.3 Å². The normalized spacial score (nSPS) is 14.4. The first-order valence-corrected chi connectivity index (χ1v) is 7.72. The van der Waals surface area contributed by atoms with Gasteiger partial charge in [0.2, 0.25) is 0 Å². The van der Waals surface area contributed by atoms with Crippen LogP contribution in [0.3, 0.4) is 0 Å². The van der Waals surface area contributed by atoms with Gasteiger partial charge in [0, 0.05) is 35.1 Å². The maximum absolute atomic E-state index is 10.7. The van der Waals surface area contributed by atoms with E-state index in [4.69, 9.17) is 5.11 Å². The molecule has 1 aromatic heterocycles. The van der Waals surface area contributed by atoms with Crippen molar-refractivity contribution >= 4 is 28.6 Å². The van der Waals surface area contributed by atoms with Gasteiger partial charge in [0.05, 0.1) is 0 Å². The SMILES string of the molecule is C/C(=C\C(=O)O)c1ccc(-c2ccc3c(c2)CCN3C)s1. The standard InChI is InChI=1S/C17H17NO2S/c1-11(9-17(19)20)15-5-6-16(21-15)13-3-4-14-12(10-13)7-8-18(14)2/h3-6,9-10H,7-8H2,1-2H3,(H,19,20)/b11-9+. The van der Waals surface area contributed by atoms with Gasteiger partial charge in [-0.15, -0.1) is 11.3 Å². The molecular formula is C17H17NO2S. The minimum Gasteiger partial charge on any atom is -0.478 e. The van der Waals surface area contributed by atoms with Crippen molar-refractivity contribution in [2.24, 2.45) is 0 Å². The molecule has 21 heavy (non-hydrogen) atoms. The summed E-state index contributed by atoms with van der Waals surface area (Å²) in [6, 6.07) is 10.6. The van der Waals surface area contributed by atoms with E-state index in [1.54, 1.807) is 11.3 Å². The number of aliphatic carboxylic acids is 1. The molecule has 2 heterocycles. The van der Waals surface area contributed by atoms with E-state index in [-0.39, 0.29) is 0 Å². The van der Waals surface area contributed by atoms with Gasteiger partial charge in [-0.05, 0) is 54.3 Å². The Bertz CT molecular complexity index is 730. The second kappa shape index (κ2) is 5.37. The Labute approximate surface area is 128 Å². The molecule has 1 aliphatic heterocycles. The molecule has 0 bridgehead atoms. The number of carboxylic acid groups (broad SMARTS) is 1. The van der Waals surface area contributed by atoms with Gasteiger partial charge in [-0.25, -0.2) is 4.79 Å². The van der Waals surface area contributed by atoms with Gasteiger partial charge in [-0.1, -0.05) is 6.07 Å². The van der Waals surface area contributed by atoms with Gasteiger partial charge >= 0.3 is 5.97 Å². The first-order valence-electron chi connectivity index (χ1n) is 6.90. The monoisotopic (exact) mass is 299 g/mol. The Balaban J connectivity index is 1.92. The zero-order valence-electron chi connectivity index (χ0n) is 12.1. The number of anilines is 1. The fourth-order valence-electron chi connectivity index (χ4n) is 2.68. The van der Waals surface area contributed by atoms with Crippen LogP contribution >= 0.6 is 11.3 Å². The van der Waals surface area contributed by atoms with Crippen LogP contribution in [-0.4, -0.2) is 24.7 Å². The first-order chi connectivity index (χ1) is 10.0. The third-order valence-electron chi connectivity index (χ3n) is 3.83. The maximum Gasteiger partial charge on any atom is 0.328 e. The van der Waals surface area contributed by atoms with Gasteiger partial charge in [-0.3, -0.25) is 0 Å². The summed E-state index contributed by atoms with van der Waals surface area (Å²) in [6.45, 7) is 2.91. The summed E-state index contributed by atoms with van der Waals surface area (Å²) < 4.78 is 0. The van der Waals surface area contributed by atoms with E-state index in [2.05, 4.69) is 36.2 Å². The van der Waals surface area contributed by atoms with E-state index in [1.165, 1.54) is 27.8 Å². The molecule has 108 valence electrons. The van der Waals surface area contributed by atoms with Gasteiger partial charge in [0.1, 0.15) is 0 Å². The third kappa shape index (κ3) is 2.72. The molecule has 0 unspecified atom stereocenters. The highest BCUT2D eigenvalue weighted by Crippen LogP contribution is 2.35. The molecule has 2 aromatic rings. The molecule has 3 rings (SSSR count). The molecular weight excluding hydrogens is 282 g/mol. The topological polar surface area (TPSA) is 40.5 Å². The Hall–Kier alpha value is -2.07. The van der Waals surface area contributed by atoms with Crippen LogP contribution in [0.2, 0.25) is 0 Å². The van der Waals surface area contributed by atoms with E-state index in [9.17, 15) is 4.79 Å². The van der Waals surface area contributed by atoms with Crippen LogP contribution < -0.4 is 4.90 Å². The van der Waals surface area contributed by atoms with E-state index >= 15 is 0 Å². The molecule has 0 aliphatic carbocycles. The number of hydrogen-bond acceptors (Lipinski definition) is 3. The molecule has 4 heteroatoms. The largest absolute Gasteiger partial charge is 0.478 e. The average molecular weight is 299 g/mol. The molecule has 1 aromatic carbocycles. The van der Waals surface area contributed by atoms with Gasteiger partial charge < -0.3 is 10.0 Å². The van der Waals surface area contributed by atoms with E-state index in [0.717, 1.165) is 23.4 Å². The fourth-order valence-corrected chi connectivity index (χ4v) is 3.66. The van der Waals surface area contributed by atoms with Crippen molar-refractivity contribution < 1.29 is 9.90 Å². The van der Waals surface area contributed by atoms with Gasteiger partial charge in [-0.2, -0.15) is 0 Å². The number of likely N-dealkylation sites (N-methyl/N-ethyl adjacent to an activating group) is 1. The number of benzene rings is 1. The second-order valence-corrected chi connectivity index (χ2v) is 6.43. The highest BCUT2D eigenvalue weighted by Gasteiger charge is 2.16. The predicted octanol–water partition coefficient (Wildman–Crippen LogP) is 3.90. The predicted molar refractivity (Wildman–Crippen MR) is 88.0 cm³/mol. The lowest BCUT2D eigenvalue weighted by Gasteiger charge is -2.11. The minimum absolute atomic E-state index is 0.791. The van der Waals surface area contributed by atoms with Crippen LogP contribution in [0, 0.1) is 0 Å². The molecule has 1 N–H and O–H groups in total. The van der Waals surface area contributed by atoms with Crippen molar-refractivity contribution in [2.75, 3.05) is 18.5 Å². The second-order valence-electron chi connectivity index (χ2n) is 5.34. The number of fused-ring (bicyclic) bond motifs is 1. The molecule has 0 saturated heterocycles. The van der Waals surface area contributed by atoms with E-state index in [0.29, 0.717) is 0 Å². The summed E-state index contributed by atoms with van der Waals surface area (Å²) in [7, 11) is 2.12. The first kappa shape index (κ1) is 13.9. The van der Waals surface area contributed by atoms with E-state index in [1.807, 2.05) is 13.0 Å². The average Bonchev–Trinajstić information content (AvgIpc) is 3.05. The lowest BCUT2D eigenvalue weighted by molar-refractivity contribution is -0.131. The van der Waals surface area contributed by atoms with Gasteiger partial charge in [0.15, 0.2) is 0 Å². The smallest absolute Gasteiger partial charge is 0.328 e. The van der Waals surface area contributed by atoms with Crippen LogP contribution in [0.15, 0.2) is 36.4 Å². The Morgan fingerprint density at radius 1 is 1.33 bits per heavy atom. The third-order valence-corrected chi connectivity index (χ3v) is 5.10. The summed E-state index contributed by atoms with van der Waals surface area (Å²) in [5, 5.41) is 8.82. The van der Waals surface area contributed by atoms with Crippen molar-refractivity contribution in [3.8, 4) is 10.4 Å². The summed E-state index contributed by atoms with van der Waals surface area (Å²) in [4.78, 5) is 15.2.